The fourth-order valence-corrected chi connectivity index (χ4v) is 1.63. The van der Waals surface area contributed by atoms with Gasteiger partial charge in [-0.2, -0.15) is 5.10 Å². The average molecular weight is 210 g/mol. The highest BCUT2D eigenvalue weighted by molar-refractivity contribution is 5.24. The van der Waals surface area contributed by atoms with Crippen LogP contribution < -0.4 is 5.73 Å². The largest absolute Gasteiger partial charge is 0.329 e. The molecule has 1 aromatic rings. The second-order valence-electron chi connectivity index (χ2n) is 4.27. The quantitative estimate of drug-likeness (QED) is 0.800. The van der Waals surface area contributed by atoms with Crippen LogP contribution in [-0.2, 0) is 13.6 Å². The molecule has 1 atom stereocenters. The Morgan fingerprint density at radius 2 is 2.07 bits per heavy atom. The molecule has 2 N–H and O–H groups in total. The summed E-state index contributed by atoms with van der Waals surface area (Å²) < 4.78 is 1.94. The highest BCUT2D eigenvalue weighted by Gasteiger charge is 2.14. The molecule has 4 heteroatoms. The van der Waals surface area contributed by atoms with E-state index in [0.717, 1.165) is 12.2 Å². The number of aromatic nitrogens is 2. The van der Waals surface area contributed by atoms with Gasteiger partial charge in [-0.15, -0.1) is 0 Å². The van der Waals surface area contributed by atoms with E-state index < -0.39 is 0 Å². The van der Waals surface area contributed by atoms with Crippen LogP contribution in [0, 0.1) is 13.8 Å². The lowest BCUT2D eigenvalue weighted by atomic mass is 10.1. The maximum atomic E-state index is 5.65. The van der Waals surface area contributed by atoms with Gasteiger partial charge in [0.25, 0.3) is 0 Å². The molecule has 15 heavy (non-hydrogen) atoms. The topological polar surface area (TPSA) is 47.1 Å². The van der Waals surface area contributed by atoms with Crippen LogP contribution in [0.25, 0.3) is 0 Å². The van der Waals surface area contributed by atoms with Crippen LogP contribution in [0.5, 0.6) is 0 Å². The highest BCUT2D eigenvalue weighted by atomic mass is 15.3. The summed E-state index contributed by atoms with van der Waals surface area (Å²) in [6.07, 6.45) is 0. The Morgan fingerprint density at radius 1 is 1.47 bits per heavy atom. The van der Waals surface area contributed by atoms with Crippen molar-refractivity contribution in [1.82, 2.24) is 14.7 Å². The van der Waals surface area contributed by atoms with Crippen molar-refractivity contribution < 1.29 is 0 Å². The smallest absolute Gasteiger partial charge is 0.0641 e. The Balaban J connectivity index is 2.80. The van der Waals surface area contributed by atoms with Crippen molar-refractivity contribution in [2.45, 2.75) is 33.4 Å². The number of hydrogen-bond acceptors (Lipinski definition) is 3. The summed E-state index contributed by atoms with van der Waals surface area (Å²) in [5.74, 6) is 0. The highest BCUT2D eigenvalue weighted by Crippen LogP contribution is 2.14. The van der Waals surface area contributed by atoms with Crippen LogP contribution in [-0.4, -0.2) is 34.3 Å². The predicted octanol–water partition coefficient (Wildman–Crippen LogP) is 0.816. The summed E-state index contributed by atoms with van der Waals surface area (Å²) >= 11 is 0. The van der Waals surface area contributed by atoms with E-state index in [2.05, 4.69) is 37.8 Å². The van der Waals surface area contributed by atoms with Gasteiger partial charge < -0.3 is 5.73 Å². The molecule has 0 spiro atoms. The van der Waals surface area contributed by atoms with Gasteiger partial charge in [0.15, 0.2) is 0 Å². The average Bonchev–Trinajstić information content (AvgIpc) is 2.43. The maximum absolute atomic E-state index is 5.65. The Morgan fingerprint density at radius 3 is 2.47 bits per heavy atom. The van der Waals surface area contributed by atoms with E-state index in [1.165, 1.54) is 11.3 Å². The van der Waals surface area contributed by atoms with Gasteiger partial charge in [-0.3, -0.25) is 9.58 Å². The minimum atomic E-state index is 0.406. The molecule has 0 radical (unpaired) electrons. The van der Waals surface area contributed by atoms with Crippen molar-refractivity contribution in [2.75, 3.05) is 13.6 Å². The molecule has 0 bridgehead atoms. The third-order valence-electron chi connectivity index (χ3n) is 3.16. The molecule has 0 aromatic carbocycles. The van der Waals surface area contributed by atoms with Gasteiger partial charge in [0.05, 0.1) is 5.69 Å². The zero-order valence-electron chi connectivity index (χ0n) is 10.4. The van der Waals surface area contributed by atoms with Gasteiger partial charge in [-0.25, -0.2) is 0 Å². The third kappa shape index (κ3) is 2.58. The molecular formula is C11H22N4. The van der Waals surface area contributed by atoms with Gasteiger partial charge in [0, 0.05) is 37.4 Å². The van der Waals surface area contributed by atoms with E-state index in [-0.39, 0.29) is 0 Å². The van der Waals surface area contributed by atoms with Crippen LogP contribution >= 0.6 is 0 Å². The molecule has 86 valence electrons. The second kappa shape index (κ2) is 4.77. The molecule has 1 rings (SSSR count). The number of nitrogens with zero attached hydrogens (tertiary/aromatic N) is 3. The SMILES string of the molecule is Cc1nn(C)c(C)c1CN(C)C(C)CN. The molecule has 0 saturated carbocycles. The summed E-state index contributed by atoms with van der Waals surface area (Å²) in [5, 5.41) is 4.41. The third-order valence-corrected chi connectivity index (χ3v) is 3.16. The monoisotopic (exact) mass is 210 g/mol. The number of nitrogens with two attached hydrogens (primary N) is 1. The molecule has 0 fully saturated rings. The van der Waals surface area contributed by atoms with Crippen molar-refractivity contribution in [2.24, 2.45) is 12.8 Å². The Kier molecular flexibility index (Phi) is 3.88. The number of hydrogen-bond donors (Lipinski definition) is 1. The summed E-state index contributed by atoms with van der Waals surface area (Å²) in [7, 11) is 4.08. The van der Waals surface area contributed by atoms with Gasteiger partial charge in [0.2, 0.25) is 0 Å². The van der Waals surface area contributed by atoms with Crippen molar-refractivity contribution in [1.29, 1.82) is 0 Å². The zero-order chi connectivity index (χ0) is 11.6. The molecule has 4 nitrogen and oxygen atoms in total. The standard InChI is InChI=1S/C11H22N4/c1-8(6-12)14(4)7-11-9(2)13-15(5)10(11)3/h8H,6-7,12H2,1-5H3. The first-order valence-electron chi connectivity index (χ1n) is 5.36. The van der Waals surface area contributed by atoms with Crippen LogP contribution in [0.15, 0.2) is 0 Å². The summed E-state index contributed by atoms with van der Waals surface area (Å²) in [6.45, 7) is 7.92. The summed E-state index contributed by atoms with van der Waals surface area (Å²) in [5.41, 5.74) is 9.32. The first-order valence-corrected chi connectivity index (χ1v) is 5.36. The Hall–Kier alpha value is -0.870. The Labute approximate surface area is 92.1 Å². The molecule has 0 aliphatic carbocycles. The van der Waals surface area contributed by atoms with Crippen molar-refractivity contribution in [3.05, 3.63) is 17.0 Å². The van der Waals surface area contributed by atoms with Crippen molar-refractivity contribution in [3.8, 4) is 0 Å². The first-order chi connectivity index (χ1) is 6.97. The second-order valence-corrected chi connectivity index (χ2v) is 4.27. The minimum absolute atomic E-state index is 0.406. The number of aryl methyl sites for hydroxylation is 2. The lowest BCUT2D eigenvalue weighted by molar-refractivity contribution is 0.254. The van der Waals surface area contributed by atoms with E-state index in [1.807, 2.05) is 11.7 Å². The molecule has 1 unspecified atom stereocenters. The van der Waals surface area contributed by atoms with Crippen molar-refractivity contribution in [3.63, 3.8) is 0 Å². The first kappa shape index (κ1) is 12.2. The van der Waals surface area contributed by atoms with Gasteiger partial charge >= 0.3 is 0 Å². The van der Waals surface area contributed by atoms with Crippen LogP contribution in [0.4, 0.5) is 0 Å². The minimum Gasteiger partial charge on any atom is -0.329 e. The molecule has 0 amide bonds. The lowest BCUT2D eigenvalue weighted by Crippen LogP contribution is -2.35. The van der Waals surface area contributed by atoms with E-state index in [0.29, 0.717) is 12.6 Å². The number of rotatable bonds is 4. The fraction of sp³-hybridized carbons (Fsp3) is 0.727. The number of likely N-dealkylation sites (N-methyl/N-ethyl adjacent to an activating group) is 1. The van der Waals surface area contributed by atoms with Crippen LogP contribution in [0.1, 0.15) is 23.9 Å². The van der Waals surface area contributed by atoms with E-state index in [4.69, 9.17) is 5.73 Å². The maximum Gasteiger partial charge on any atom is 0.0641 e. The van der Waals surface area contributed by atoms with E-state index in [1.54, 1.807) is 0 Å². The van der Waals surface area contributed by atoms with E-state index in [9.17, 15) is 0 Å². The molecule has 1 heterocycles. The van der Waals surface area contributed by atoms with Gasteiger partial charge in [0.1, 0.15) is 0 Å². The molecule has 0 aliphatic rings. The zero-order valence-corrected chi connectivity index (χ0v) is 10.4. The molecule has 0 saturated heterocycles. The normalized spacial score (nSPS) is 13.5. The van der Waals surface area contributed by atoms with Gasteiger partial charge in [-0.05, 0) is 27.8 Å². The Bertz CT molecular complexity index is 330. The lowest BCUT2D eigenvalue weighted by Gasteiger charge is -2.23. The van der Waals surface area contributed by atoms with E-state index >= 15 is 0 Å². The van der Waals surface area contributed by atoms with Crippen LogP contribution in [0.3, 0.4) is 0 Å². The molecular weight excluding hydrogens is 188 g/mol. The van der Waals surface area contributed by atoms with Crippen LogP contribution in [0.2, 0.25) is 0 Å². The fourth-order valence-electron chi connectivity index (χ4n) is 1.63. The van der Waals surface area contributed by atoms with Crippen molar-refractivity contribution >= 4 is 0 Å². The summed E-state index contributed by atoms with van der Waals surface area (Å²) in [4.78, 5) is 2.26. The summed E-state index contributed by atoms with van der Waals surface area (Å²) in [6, 6.07) is 0.406. The molecule has 0 aliphatic heterocycles. The predicted molar refractivity (Wildman–Crippen MR) is 62.7 cm³/mol. The van der Waals surface area contributed by atoms with Gasteiger partial charge in [-0.1, -0.05) is 0 Å². The molecule has 1 aromatic heterocycles.